The van der Waals surface area contributed by atoms with E-state index in [0.717, 1.165) is 35.3 Å². The van der Waals surface area contributed by atoms with Crippen LogP contribution < -0.4 is 9.47 Å². The number of fused-ring (bicyclic) bond motifs is 1. The fraction of sp³-hybridized carbons (Fsp3) is 0.250. The Morgan fingerprint density at radius 1 is 1.08 bits per heavy atom. The number of aromatic nitrogens is 1. The maximum Gasteiger partial charge on any atom is 0.161 e. The van der Waals surface area contributed by atoms with Crippen molar-refractivity contribution in [1.82, 2.24) is 9.88 Å². The molecule has 128 valence electrons. The van der Waals surface area contributed by atoms with E-state index in [1.807, 2.05) is 42.5 Å². The van der Waals surface area contributed by atoms with Crippen molar-refractivity contribution in [2.24, 2.45) is 0 Å². The van der Waals surface area contributed by atoms with Gasteiger partial charge in [0.05, 0.1) is 5.69 Å². The Bertz CT molecular complexity index is 834. The molecule has 1 aliphatic rings. The van der Waals surface area contributed by atoms with Crippen molar-refractivity contribution < 1.29 is 9.47 Å². The smallest absolute Gasteiger partial charge is 0.161 e. The van der Waals surface area contributed by atoms with Crippen LogP contribution in [0.2, 0.25) is 0 Å². The second-order valence-electron chi connectivity index (χ2n) is 6.20. The van der Waals surface area contributed by atoms with E-state index < -0.39 is 0 Å². The fourth-order valence-corrected chi connectivity index (χ4v) is 3.75. The summed E-state index contributed by atoms with van der Waals surface area (Å²) in [6.07, 6.45) is 0.0344. The lowest BCUT2D eigenvalue weighted by atomic mass is 10.2. The molecule has 0 bridgehead atoms. The van der Waals surface area contributed by atoms with Crippen LogP contribution in [0, 0.1) is 0 Å². The third-order valence-corrected chi connectivity index (χ3v) is 5.03. The van der Waals surface area contributed by atoms with Crippen molar-refractivity contribution in [3.05, 3.63) is 65.7 Å². The summed E-state index contributed by atoms with van der Waals surface area (Å²) in [7, 11) is 2.09. The van der Waals surface area contributed by atoms with Gasteiger partial charge in [-0.2, -0.15) is 0 Å². The molecule has 0 amide bonds. The molecule has 0 spiro atoms. The van der Waals surface area contributed by atoms with Gasteiger partial charge in [-0.25, -0.2) is 4.98 Å². The van der Waals surface area contributed by atoms with Gasteiger partial charge in [0.2, 0.25) is 0 Å². The van der Waals surface area contributed by atoms with Crippen LogP contribution in [0.25, 0.3) is 10.6 Å². The predicted molar refractivity (Wildman–Crippen MR) is 100 cm³/mol. The van der Waals surface area contributed by atoms with E-state index in [2.05, 4.69) is 29.5 Å². The first-order valence-electron chi connectivity index (χ1n) is 8.35. The third kappa shape index (κ3) is 3.83. The largest absolute Gasteiger partial charge is 0.486 e. The minimum absolute atomic E-state index is 0.0344. The predicted octanol–water partition coefficient (Wildman–Crippen LogP) is 4.08. The average Bonchev–Trinajstić information content (AvgIpc) is 3.10. The number of benzene rings is 2. The van der Waals surface area contributed by atoms with Crippen LogP contribution in [-0.4, -0.2) is 36.2 Å². The molecule has 25 heavy (non-hydrogen) atoms. The first kappa shape index (κ1) is 16.1. The zero-order chi connectivity index (χ0) is 17.1. The number of para-hydroxylation sites is 2. The first-order valence-corrected chi connectivity index (χ1v) is 9.23. The van der Waals surface area contributed by atoms with E-state index in [-0.39, 0.29) is 6.10 Å². The molecule has 4 rings (SSSR count). The molecule has 2 heterocycles. The van der Waals surface area contributed by atoms with Crippen LogP contribution in [0.5, 0.6) is 11.5 Å². The van der Waals surface area contributed by atoms with Gasteiger partial charge in [0.25, 0.3) is 0 Å². The Hall–Kier alpha value is -2.37. The minimum atomic E-state index is 0.0344. The summed E-state index contributed by atoms with van der Waals surface area (Å²) in [4.78, 5) is 6.98. The molecule has 1 unspecified atom stereocenters. The molecule has 1 aliphatic heterocycles. The molecule has 0 fully saturated rings. The van der Waals surface area contributed by atoms with Gasteiger partial charge < -0.3 is 9.47 Å². The minimum Gasteiger partial charge on any atom is -0.486 e. The Balaban J connectivity index is 1.35. The molecular formula is C20H20N2O2S. The van der Waals surface area contributed by atoms with E-state index in [9.17, 15) is 0 Å². The molecule has 4 nitrogen and oxygen atoms in total. The SMILES string of the molecule is CN(Cc1csc(-c2ccccc2)n1)CC1COc2ccccc2O1. The molecule has 1 aromatic heterocycles. The van der Waals surface area contributed by atoms with Crippen molar-refractivity contribution in [1.29, 1.82) is 0 Å². The maximum atomic E-state index is 6.03. The lowest BCUT2D eigenvalue weighted by Crippen LogP contribution is -2.39. The summed E-state index contributed by atoms with van der Waals surface area (Å²) >= 11 is 1.69. The number of thiazole rings is 1. The van der Waals surface area contributed by atoms with Gasteiger partial charge in [-0.1, -0.05) is 42.5 Å². The number of hydrogen-bond acceptors (Lipinski definition) is 5. The van der Waals surface area contributed by atoms with Crippen molar-refractivity contribution in [2.45, 2.75) is 12.6 Å². The summed E-state index contributed by atoms with van der Waals surface area (Å²) in [5.41, 5.74) is 2.26. The Morgan fingerprint density at radius 3 is 2.68 bits per heavy atom. The van der Waals surface area contributed by atoms with Crippen LogP contribution in [0.1, 0.15) is 5.69 Å². The maximum absolute atomic E-state index is 6.03. The quantitative estimate of drug-likeness (QED) is 0.693. The van der Waals surface area contributed by atoms with Gasteiger partial charge in [0.15, 0.2) is 11.5 Å². The van der Waals surface area contributed by atoms with Crippen LogP contribution in [0.15, 0.2) is 60.0 Å². The number of nitrogens with zero attached hydrogens (tertiary/aromatic N) is 2. The van der Waals surface area contributed by atoms with Crippen molar-refractivity contribution >= 4 is 11.3 Å². The summed E-state index contributed by atoms with van der Waals surface area (Å²) in [6.45, 7) is 2.17. The molecular weight excluding hydrogens is 332 g/mol. The highest BCUT2D eigenvalue weighted by Crippen LogP contribution is 2.31. The molecule has 0 N–H and O–H groups in total. The highest BCUT2D eigenvalue weighted by molar-refractivity contribution is 7.13. The Morgan fingerprint density at radius 2 is 1.84 bits per heavy atom. The summed E-state index contributed by atoms with van der Waals surface area (Å²) in [6, 6.07) is 18.1. The molecule has 1 atom stereocenters. The zero-order valence-electron chi connectivity index (χ0n) is 14.1. The highest BCUT2D eigenvalue weighted by Gasteiger charge is 2.22. The van der Waals surface area contributed by atoms with Crippen LogP contribution in [0.4, 0.5) is 0 Å². The Kier molecular flexibility index (Phi) is 4.68. The van der Waals surface area contributed by atoms with Crippen molar-refractivity contribution in [2.75, 3.05) is 20.2 Å². The standard InChI is InChI=1S/C20H20N2O2S/c1-22(12-17-13-23-18-9-5-6-10-19(18)24-17)11-16-14-25-20(21-16)15-7-3-2-4-8-15/h2-10,14,17H,11-13H2,1H3. The van der Waals surface area contributed by atoms with Gasteiger partial charge in [-0.3, -0.25) is 4.90 Å². The third-order valence-electron chi connectivity index (χ3n) is 4.09. The fourth-order valence-electron chi connectivity index (χ4n) is 2.93. The van der Waals surface area contributed by atoms with Gasteiger partial charge in [-0.15, -0.1) is 11.3 Å². The Labute approximate surface area is 151 Å². The summed E-state index contributed by atoms with van der Waals surface area (Å²) < 4.78 is 11.8. The van der Waals surface area contributed by atoms with E-state index in [4.69, 9.17) is 14.5 Å². The molecule has 0 aliphatic carbocycles. The monoisotopic (exact) mass is 352 g/mol. The van der Waals surface area contributed by atoms with E-state index >= 15 is 0 Å². The second kappa shape index (κ2) is 7.25. The van der Waals surface area contributed by atoms with E-state index in [1.165, 1.54) is 5.56 Å². The summed E-state index contributed by atoms with van der Waals surface area (Å²) in [5, 5.41) is 3.20. The zero-order valence-corrected chi connectivity index (χ0v) is 14.9. The molecule has 3 aromatic rings. The molecule has 5 heteroatoms. The number of likely N-dealkylation sites (N-methyl/N-ethyl adjacent to an activating group) is 1. The van der Waals surface area contributed by atoms with Gasteiger partial charge in [0.1, 0.15) is 17.7 Å². The second-order valence-corrected chi connectivity index (χ2v) is 7.06. The lowest BCUT2D eigenvalue weighted by Gasteiger charge is -2.29. The van der Waals surface area contributed by atoms with Crippen LogP contribution in [0.3, 0.4) is 0 Å². The van der Waals surface area contributed by atoms with Gasteiger partial charge in [0, 0.05) is 24.0 Å². The number of rotatable bonds is 5. The molecule has 2 aromatic carbocycles. The van der Waals surface area contributed by atoms with Crippen LogP contribution in [-0.2, 0) is 6.54 Å². The summed E-state index contributed by atoms with van der Waals surface area (Å²) in [5.74, 6) is 1.65. The molecule has 0 radical (unpaired) electrons. The van der Waals surface area contributed by atoms with Crippen LogP contribution >= 0.6 is 11.3 Å². The number of ether oxygens (including phenoxy) is 2. The highest BCUT2D eigenvalue weighted by atomic mass is 32.1. The van der Waals surface area contributed by atoms with Crippen molar-refractivity contribution in [3.8, 4) is 22.1 Å². The van der Waals surface area contributed by atoms with Gasteiger partial charge in [-0.05, 0) is 19.2 Å². The van der Waals surface area contributed by atoms with Crippen molar-refractivity contribution in [3.63, 3.8) is 0 Å². The lowest BCUT2D eigenvalue weighted by molar-refractivity contribution is 0.0636. The normalized spacial score (nSPS) is 16.2. The average molecular weight is 352 g/mol. The molecule has 0 saturated heterocycles. The van der Waals surface area contributed by atoms with Gasteiger partial charge >= 0.3 is 0 Å². The topological polar surface area (TPSA) is 34.6 Å². The van der Waals surface area contributed by atoms with E-state index in [0.29, 0.717) is 6.61 Å². The van der Waals surface area contributed by atoms with E-state index in [1.54, 1.807) is 11.3 Å². The molecule has 0 saturated carbocycles. The first-order chi connectivity index (χ1) is 12.3. The number of hydrogen-bond donors (Lipinski definition) is 0.